The van der Waals surface area contributed by atoms with Gasteiger partial charge in [-0.25, -0.2) is 9.07 Å². The summed E-state index contributed by atoms with van der Waals surface area (Å²) < 4.78 is 21.1. The van der Waals surface area contributed by atoms with Crippen molar-refractivity contribution < 1.29 is 18.7 Å². The quantitative estimate of drug-likeness (QED) is 0.331. The van der Waals surface area contributed by atoms with Gasteiger partial charge in [-0.1, -0.05) is 42.9 Å². The maximum Gasteiger partial charge on any atom is 0.281 e. The summed E-state index contributed by atoms with van der Waals surface area (Å²) in [5.41, 5.74) is 0.680. The van der Waals surface area contributed by atoms with Gasteiger partial charge < -0.3 is 9.64 Å². The molecule has 1 saturated heterocycles. The van der Waals surface area contributed by atoms with Crippen molar-refractivity contribution in [2.45, 2.75) is 43.4 Å². The van der Waals surface area contributed by atoms with Gasteiger partial charge in [0.25, 0.3) is 5.91 Å². The number of amides is 2. The molecule has 1 aliphatic rings. The monoisotopic (exact) mass is 518 g/mol. The highest BCUT2D eigenvalue weighted by molar-refractivity contribution is 8.01. The summed E-state index contributed by atoms with van der Waals surface area (Å²) in [4.78, 5) is 27.4. The third-order valence-corrected chi connectivity index (χ3v) is 7.31. The topological polar surface area (TPSA) is 102 Å². The Morgan fingerprint density at radius 1 is 1.14 bits per heavy atom. The van der Waals surface area contributed by atoms with Crippen molar-refractivity contribution >= 4 is 40.0 Å². The number of carbonyl (C=O) groups excluding carboxylic acids is 2. The fourth-order valence-electron chi connectivity index (χ4n) is 3.57. The first kappa shape index (κ1) is 25.1. The maximum atomic E-state index is 13.3. The number of anilines is 1. The molecular weight excluding hydrogens is 491 g/mol. The molecule has 0 aliphatic carbocycles. The van der Waals surface area contributed by atoms with Crippen LogP contribution in [0.4, 0.5) is 9.52 Å². The molecule has 0 atom stereocenters. The molecule has 2 amide bonds. The molecule has 3 heterocycles. The Morgan fingerprint density at radius 2 is 1.89 bits per heavy atom. The van der Waals surface area contributed by atoms with E-state index in [4.69, 9.17) is 4.74 Å². The molecule has 0 bridgehead atoms. The number of halogens is 1. The molecule has 1 fully saturated rings. The van der Waals surface area contributed by atoms with E-state index in [1.807, 2.05) is 11.8 Å². The van der Waals surface area contributed by atoms with E-state index in [1.54, 1.807) is 18.3 Å². The molecule has 0 unspecified atom stereocenters. The van der Waals surface area contributed by atoms with Crippen molar-refractivity contribution in [3.8, 4) is 11.4 Å². The van der Waals surface area contributed by atoms with E-state index in [0.29, 0.717) is 33.3 Å². The number of thioether (sulfide) groups is 1. The van der Waals surface area contributed by atoms with Crippen LogP contribution in [0.25, 0.3) is 5.69 Å². The zero-order valence-electron chi connectivity index (χ0n) is 19.4. The molecule has 9 nitrogen and oxygen atoms in total. The second kappa shape index (κ2) is 12.1. The van der Waals surface area contributed by atoms with Crippen LogP contribution in [0, 0.1) is 5.82 Å². The van der Waals surface area contributed by atoms with Gasteiger partial charge in [0.2, 0.25) is 11.0 Å². The van der Waals surface area contributed by atoms with E-state index in [-0.39, 0.29) is 17.4 Å². The van der Waals surface area contributed by atoms with Crippen LogP contribution < -0.4 is 10.1 Å². The zero-order valence-corrected chi connectivity index (χ0v) is 21.0. The average molecular weight is 519 g/mol. The summed E-state index contributed by atoms with van der Waals surface area (Å²) in [5.74, 6) is -0.151. The Bertz CT molecular complexity index is 1140. The molecule has 4 rings (SSSR count). The summed E-state index contributed by atoms with van der Waals surface area (Å²) >= 11 is 2.51. The number of rotatable bonds is 9. The van der Waals surface area contributed by atoms with Crippen LogP contribution in [0.1, 0.15) is 49.5 Å². The number of hydrogen-bond donors (Lipinski definition) is 1. The van der Waals surface area contributed by atoms with Crippen molar-refractivity contribution in [1.82, 2.24) is 24.9 Å². The van der Waals surface area contributed by atoms with Crippen LogP contribution in [-0.2, 0) is 4.79 Å². The SMILES string of the molecule is CCCOc1cn(-c2ccc(F)cc2)nc1C(=O)Nc1nnc(SCC(=O)N2CCCCCC2)s1. The number of likely N-dealkylation sites (tertiary alicyclic amines) is 1. The van der Waals surface area contributed by atoms with E-state index in [0.717, 1.165) is 32.4 Å². The number of nitrogens with one attached hydrogen (secondary N) is 1. The highest BCUT2D eigenvalue weighted by atomic mass is 32.2. The molecule has 3 aromatic rings. The molecule has 35 heavy (non-hydrogen) atoms. The van der Waals surface area contributed by atoms with Crippen molar-refractivity contribution in [1.29, 1.82) is 0 Å². The lowest BCUT2D eigenvalue weighted by atomic mass is 10.2. The predicted octanol–water partition coefficient (Wildman–Crippen LogP) is 4.40. The number of ether oxygens (including phenoxy) is 1. The number of aromatic nitrogens is 4. The first-order valence-corrected chi connectivity index (χ1v) is 13.4. The lowest BCUT2D eigenvalue weighted by molar-refractivity contribution is -0.128. The summed E-state index contributed by atoms with van der Waals surface area (Å²) in [5, 5.41) is 15.5. The van der Waals surface area contributed by atoms with E-state index >= 15 is 0 Å². The van der Waals surface area contributed by atoms with Gasteiger partial charge in [-0.15, -0.1) is 10.2 Å². The van der Waals surface area contributed by atoms with E-state index in [1.165, 1.54) is 52.8 Å². The molecule has 2 aromatic heterocycles. The Hall–Kier alpha value is -2.99. The van der Waals surface area contributed by atoms with Gasteiger partial charge in [0, 0.05) is 13.1 Å². The molecule has 12 heteroatoms. The fourth-order valence-corrected chi connectivity index (χ4v) is 5.22. The number of nitrogens with zero attached hydrogens (tertiary/aromatic N) is 5. The molecule has 1 aromatic carbocycles. The molecule has 0 saturated carbocycles. The summed E-state index contributed by atoms with van der Waals surface area (Å²) in [6, 6.07) is 5.77. The van der Waals surface area contributed by atoms with Crippen molar-refractivity contribution in [2.24, 2.45) is 0 Å². The van der Waals surface area contributed by atoms with Gasteiger partial charge in [0.15, 0.2) is 15.8 Å². The molecule has 0 spiro atoms. The van der Waals surface area contributed by atoms with Gasteiger partial charge in [-0.3, -0.25) is 14.9 Å². The van der Waals surface area contributed by atoms with E-state index in [2.05, 4.69) is 20.6 Å². The molecular formula is C23H27FN6O3S2. The minimum atomic E-state index is -0.495. The summed E-state index contributed by atoms with van der Waals surface area (Å²) in [6.07, 6.45) is 6.79. The van der Waals surface area contributed by atoms with Crippen molar-refractivity contribution in [3.05, 3.63) is 42.0 Å². The number of benzene rings is 1. The van der Waals surface area contributed by atoms with Gasteiger partial charge in [-0.05, 0) is 43.5 Å². The normalized spacial score (nSPS) is 13.9. The van der Waals surface area contributed by atoms with Crippen LogP contribution >= 0.6 is 23.1 Å². The van der Waals surface area contributed by atoms with Gasteiger partial charge in [0.1, 0.15) is 5.82 Å². The zero-order chi connectivity index (χ0) is 24.6. The van der Waals surface area contributed by atoms with Crippen molar-refractivity contribution in [2.75, 3.05) is 30.8 Å². The average Bonchev–Trinajstić information content (AvgIpc) is 3.39. The second-order valence-corrected chi connectivity index (χ2v) is 10.2. The Balaban J connectivity index is 1.40. The Morgan fingerprint density at radius 3 is 2.60 bits per heavy atom. The highest BCUT2D eigenvalue weighted by Gasteiger charge is 2.21. The Labute approximate surface area is 211 Å². The van der Waals surface area contributed by atoms with E-state index < -0.39 is 5.91 Å². The largest absolute Gasteiger partial charge is 0.489 e. The minimum absolute atomic E-state index is 0.0866. The highest BCUT2D eigenvalue weighted by Crippen LogP contribution is 2.27. The first-order chi connectivity index (χ1) is 17.0. The number of hydrogen-bond acceptors (Lipinski definition) is 8. The van der Waals surface area contributed by atoms with Crippen LogP contribution in [0.5, 0.6) is 5.75 Å². The third kappa shape index (κ3) is 6.79. The van der Waals surface area contributed by atoms with Crippen LogP contribution in [0.2, 0.25) is 0 Å². The smallest absolute Gasteiger partial charge is 0.281 e. The maximum absolute atomic E-state index is 13.3. The minimum Gasteiger partial charge on any atom is -0.489 e. The standard InChI is InChI=1S/C23H27FN6O3S2/c1-2-13-33-18-14-30(17-9-7-16(24)8-10-17)28-20(18)21(32)25-22-26-27-23(35-22)34-15-19(31)29-11-5-3-4-6-12-29/h7-10,14H,2-6,11-13,15H2,1H3,(H,25,26,32). The summed E-state index contributed by atoms with van der Waals surface area (Å²) in [7, 11) is 0. The van der Waals surface area contributed by atoms with Crippen LogP contribution in [-0.4, -0.2) is 62.1 Å². The predicted molar refractivity (Wildman–Crippen MR) is 133 cm³/mol. The fraction of sp³-hybridized carbons (Fsp3) is 0.435. The molecule has 1 aliphatic heterocycles. The Kier molecular flexibility index (Phi) is 8.69. The van der Waals surface area contributed by atoms with Crippen LogP contribution in [0.15, 0.2) is 34.8 Å². The molecule has 1 N–H and O–H groups in total. The second-order valence-electron chi connectivity index (χ2n) is 8.02. The van der Waals surface area contributed by atoms with Gasteiger partial charge >= 0.3 is 0 Å². The first-order valence-electron chi connectivity index (χ1n) is 11.6. The van der Waals surface area contributed by atoms with Gasteiger partial charge in [-0.2, -0.15) is 5.10 Å². The molecule has 186 valence electrons. The number of carbonyl (C=O) groups is 2. The van der Waals surface area contributed by atoms with Gasteiger partial charge in [0.05, 0.1) is 24.2 Å². The summed E-state index contributed by atoms with van der Waals surface area (Å²) in [6.45, 7) is 4.00. The van der Waals surface area contributed by atoms with E-state index in [9.17, 15) is 14.0 Å². The molecule has 0 radical (unpaired) electrons. The van der Waals surface area contributed by atoms with Crippen molar-refractivity contribution in [3.63, 3.8) is 0 Å². The lowest BCUT2D eigenvalue weighted by Gasteiger charge is -2.19. The lowest BCUT2D eigenvalue weighted by Crippen LogP contribution is -2.33. The van der Waals surface area contributed by atoms with Crippen LogP contribution in [0.3, 0.4) is 0 Å². The third-order valence-electron chi connectivity index (χ3n) is 5.35.